The lowest BCUT2D eigenvalue weighted by molar-refractivity contribution is -0.116. The van der Waals surface area contributed by atoms with Crippen LogP contribution in [0.25, 0.3) is 10.2 Å². The van der Waals surface area contributed by atoms with Gasteiger partial charge in [0.15, 0.2) is 0 Å². The van der Waals surface area contributed by atoms with Crippen molar-refractivity contribution in [3.63, 3.8) is 0 Å². The Morgan fingerprint density at radius 3 is 2.53 bits per heavy atom. The van der Waals surface area contributed by atoms with E-state index in [0.29, 0.717) is 29.4 Å². The predicted molar refractivity (Wildman–Crippen MR) is 109 cm³/mol. The zero-order chi connectivity index (χ0) is 21.5. The van der Waals surface area contributed by atoms with Gasteiger partial charge in [-0.2, -0.15) is 4.31 Å². The molecular weight excluding hydrogens is 436 g/mol. The topological polar surface area (TPSA) is 88.5 Å². The van der Waals surface area contributed by atoms with Gasteiger partial charge in [-0.05, 0) is 43.2 Å². The first-order chi connectivity index (χ1) is 14.3. The number of hydrogen-bond donors (Lipinski definition) is 1. The van der Waals surface area contributed by atoms with E-state index in [2.05, 4.69) is 5.32 Å². The number of sulfonamides is 1. The summed E-state index contributed by atoms with van der Waals surface area (Å²) in [6, 6.07) is 7.07. The molecule has 1 saturated heterocycles. The summed E-state index contributed by atoms with van der Waals surface area (Å²) in [6.07, 6.45) is 1.63. The Balaban J connectivity index is 1.60. The molecule has 3 aromatic rings. The van der Waals surface area contributed by atoms with E-state index >= 15 is 0 Å². The van der Waals surface area contributed by atoms with E-state index in [9.17, 15) is 26.8 Å². The van der Waals surface area contributed by atoms with Crippen molar-refractivity contribution in [2.45, 2.75) is 24.3 Å². The van der Waals surface area contributed by atoms with Crippen molar-refractivity contribution in [3.05, 3.63) is 57.7 Å². The Labute approximate surface area is 174 Å². The molecule has 158 valence electrons. The maximum Gasteiger partial charge on any atom is 0.308 e. The maximum absolute atomic E-state index is 13.7. The number of amides is 1. The number of anilines is 1. The van der Waals surface area contributed by atoms with E-state index < -0.39 is 39.0 Å². The Kier molecular flexibility index (Phi) is 5.43. The normalized spacial score (nSPS) is 15.0. The first-order valence-corrected chi connectivity index (χ1v) is 11.4. The second-order valence-corrected chi connectivity index (χ2v) is 9.80. The molecule has 0 saturated carbocycles. The fourth-order valence-electron chi connectivity index (χ4n) is 3.36. The molecular formula is C19H17F2N3O4S2. The third-order valence-corrected chi connectivity index (χ3v) is 7.69. The molecule has 7 nitrogen and oxygen atoms in total. The standard InChI is InChI=1S/C19H17F2N3O4S2/c20-12-3-5-15(14(21)9-12)22-18(25)11-24-16-6-4-13(10-17(16)29-19(24)26)30(27,28)23-7-1-2-8-23/h3-6,9-10H,1-2,7-8,11H2,(H,22,25). The lowest BCUT2D eigenvalue weighted by Crippen LogP contribution is -2.27. The molecule has 0 radical (unpaired) electrons. The number of carbonyl (C=O) groups is 1. The summed E-state index contributed by atoms with van der Waals surface area (Å²) in [7, 11) is -3.63. The molecule has 4 rings (SSSR count). The summed E-state index contributed by atoms with van der Waals surface area (Å²) in [5.74, 6) is -2.37. The van der Waals surface area contributed by atoms with Crippen molar-refractivity contribution >= 4 is 43.2 Å². The zero-order valence-electron chi connectivity index (χ0n) is 15.6. The van der Waals surface area contributed by atoms with Gasteiger partial charge in [0.05, 0.1) is 20.8 Å². The summed E-state index contributed by atoms with van der Waals surface area (Å²) in [5.41, 5.74) is 0.202. The van der Waals surface area contributed by atoms with E-state index in [-0.39, 0.29) is 10.6 Å². The zero-order valence-corrected chi connectivity index (χ0v) is 17.2. The van der Waals surface area contributed by atoms with Gasteiger partial charge in [-0.15, -0.1) is 0 Å². The monoisotopic (exact) mass is 453 g/mol. The number of aromatic nitrogens is 1. The van der Waals surface area contributed by atoms with Crippen LogP contribution in [0.4, 0.5) is 14.5 Å². The fraction of sp³-hybridized carbons (Fsp3) is 0.263. The van der Waals surface area contributed by atoms with Crippen molar-refractivity contribution in [2.24, 2.45) is 0 Å². The number of nitrogens with one attached hydrogen (secondary N) is 1. The molecule has 0 atom stereocenters. The van der Waals surface area contributed by atoms with E-state index in [1.54, 1.807) is 0 Å². The average Bonchev–Trinajstić information content (AvgIpc) is 3.33. The lowest BCUT2D eigenvalue weighted by Gasteiger charge is -2.15. The second kappa shape index (κ2) is 7.89. The molecule has 11 heteroatoms. The summed E-state index contributed by atoms with van der Waals surface area (Å²) in [4.78, 5) is 24.3. The van der Waals surface area contributed by atoms with Gasteiger partial charge in [-0.1, -0.05) is 11.3 Å². The van der Waals surface area contributed by atoms with E-state index in [1.165, 1.54) is 27.1 Å². The van der Waals surface area contributed by atoms with Crippen molar-refractivity contribution in [1.29, 1.82) is 0 Å². The molecule has 1 fully saturated rings. The molecule has 1 aliphatic heterocycles. The first kappa shape index (κ1) is 20.6. The van der Waals surface area contributed by atoms with Crippen LogP contribution in [0.1, 0.15) is 12.8 Å². The highest BCUT2D eigenvalue weighted by Crippen LogP contribution is 2.26. The largest absolute Gasteiger partial charge is 0.322 e. The maximum atomic E-state index is 13.7. The van der Waals surface area contributed by atoms with E-state index in [1.807, 2.05) is 0 Å². The highest BCUT2D eigenvalue weighted by Gasteiger charge is 2.27. The first-order valence-electron chi connectivity index (χ1n) is 9.14. The lowest BCUT2D eigenvalue weighted by atomic mass is 10.3. The van der Waals surface area contributed by atoms with Gasteiger partial charge in [0.25, 0.3) is 0 Å². The molecule has 1 aromatic heterocycles. The SMILES string of the molecule is O=C(Cn1c(=O)sc2cc(S(=O)(=O)N3CCCC3)ccc21)Nc1ccc(F)cc1F. The van der Waals surface area contributed by atoms with Crippen LogP contribution in [0.5, 0.6) is 0 Å². The summed E-state index contributed by atoms with van der Waals surface area (Å²) in [6.45, 7) is 0.545. The minimum atomic E-state index is -3.63. The average molecular weight is 453 g/mol. The van der Waals surface area contributed by atoms with Gasteiger partial charge >= 0.3 is 4.87 Å². The van der Waals surface area contributed by atoms with Gasteiger partial charge in [0.1, 0.15) is 18.2 Å². The van der Waals surface area contributed by atoms with Crippen molar-refractivity contribution in [1.82, 2.24) is 8.87 Å². The minimum absolute atomic E-state index is 0.100. The van der Waals surface area contributed by atoms with Gasteiger partial charge < -0.3 is 5.32 Å². The highest BCUT2D eigenvalue weighted by molar-refractivity contribution is 7.89. The van der Waals surface area contributed by atoms with Crippen LogP contribution in [0.15, 0.2) is 46.1 Å². The molecule has 2 heterocycles. The molecule has 1 aliphatic rings. The van der Waals surface area contributed by atoms with Gasteiger partial charge in [0, 0.05) is 19.2 Å². The minimum Gasteiger partial charge on any atom is -0.322 e. The van der Waals surface area contributed by atoms with E-state index in [4.69, 9.17) is 0 Å². The Bertz CT molecular complexity index is 1290. The molecule has 2 aromatic carbocycles. The van der Waals surface area contributed by atoms with Crippen molar-refractivity contribution in [2.75, 3.05) is 18.4 Å². The Hall–Kier alpha value is -2.63. The van der Waals surface area contributed by atoms with E-state index in [0.717, 1.165) is 36.3 Å². The number of carbonyl (C=O) groups excluding carboxylic acids is 1. The summed E-state index contributed by atoms with van der Waals surface area (Å²) >= 11 is 0.826. The predicted octanol–water partition coefficient (Wildman–Crippen LogP) is 2.76. The Morgan fingerprint density at radius 1 is 1.10 bits per heavy atom. The fourth-order valence-corrected chi connectivity index (χ4v) is 5.91. The van der Waals surface area contributed by atoms with Gasteiger partial charge in [-0.25, -0.2) is 17.2 Å². The molecule has 0 unspecified atom stereocenters. The molecule has 0 spiro atoms. The number of nitrogens with zero attached hydrogens (tertiary/aromatic N) is 2. The van der Waals surface area contributed by atoms with Gasteiger partial charge in [0.2, 0.25) is 15.9 Å². The molecule has 0 aliphatic carbocycles. The van der Waals surface area contributed by atoms with Crippen LogP contribution in [0.3, 0.4) is 0 Å². The number of hydrogen-bond acceptors (Lipinski definition) is 5. The van der Waals surface area contributed by atoms with Crippen LogP contribution in [-0.4, -0.2) is 36.3 Å². The number of halogens is 2. The molecule has 1 amide bonds. The van der Waals surface area contributed by atoms with Crippen molar-refractivity contribution in [3.8, 4) is 0 Å². The summed E-state index contributed by atoms with van der Waals surface area (Å²) in [5, 5.41) is 2.30. The quantitative estimate of drug-likeness (QED) is 0.644. The molecule has 30 heavy (non-hydrogen) atoms. The van der Waals surface area contributed by atoms with Crippen LogP contribution in [0.2, 0.25) is 0 Å². The van der Waals surface area contributed by atoms with Crippen LogP contribution >= 0.6 is 11.3 Å². The number of rotatable bonds is 5. The van der Waals surface area contributed by atoms with Crippen molar-refractivity contribution < 1.29 is 22.0 Å². The Morgan fingerprint density at radius 2 is 1.83 bits per heavy atom. The second-order valence-electron chi connectivity index (χ2n) is 6.87. The summed E-state index contributed by atoms with van der Waals surface area (Å²) < 4.78 is 55.2. The third kappa shape index (κ3) is 3.87. The third-order valence-electron chi connectivity index (χ3n) is 4.85. The smallest absolute Gasteiger partial charge is 0.308 e. The van der Waals surface area contributed by atoms with Gasteiger partial charge in [-0.3, -0.25) is 14.2 Å². The van der Waals surface area contributed by atoms with Crippen LogP contribution in [-0.2, 0) is 21.4 Å². The molecule has 0 bridgehead atoms. The molecule has 1 N–H and O–H groups in total. The van der Waals surface area contributed by atoms with Crippen LogP contribution in [0, 0.1) is 11.6 Å². The number of fused-ring (bicyclic) bond motifs is 1. The number of benzene rings is 2. The van der Waals surface area contributed by atoms with Crippen LogP contribution < -0.4 is 10.2 Å². The highest BCUT2D eigenvalue weighted by atomic mass is 32.2. The number of thiazole rings is 1.